The molecule has 0 heterocycles. The fraction of sp³-hybridized carbons (Fsp3) is 1.00. The summed E-state index contributed by atoms with van der Waals surface area (Å²) in [5.41, 5.74) is 6.04. The highest BCUT2D eigenvalue weighted by atomic mass is 16.3. The largest absolute Gasteiger partial charge is 0.392 e. The highest BCUT2D eigenvalue weighted by Gasteiger charge is 2.19. The predicted octanol–water partition coefficient (Wildman–Crippen LogP) is 2.23. The minimum atomic E-state index is -0.159. The van der Waals surface area contributed by atoms with Crippen LogP contribution in [0.5, 0.6) is 0 Å². The van der Waals surface area contributed by atoms with E-state index in [-0.39, 0.29) is 12.1 Å². The van der Waals surface area contributed by atoms with Gasteiger partial charge in [-0.05, 0) is 38.3 Å². The second-order valence-corrected chi connectivity index (χ2v) is 6.50. The van der Waals surface area contributed by atoms with E-state index in [1.54, 1.807) is 0 Å². The zero-order valence-electron chi connectivity index (χ0n) is 12.4. The molecular formula is C15H32N2O. The molecule has 2 atom stereocenters. The molecule has 0 saturated heterocycles. The van der Waals surface area contributed by atoms with E-state index in [1.807, 2.05) is 0 Å². The second kappa shape index (κ2) is 8.13. The lowest BCUT2D eigenvalue weighted by Gasteiger charge is -2.24. The van der Waals surface area contributed by atoms with E-state index in [1.165, 1.54) is 25.7 Å². The summed E-state index contributed by atoms with van der Waals surface area (Å²) in [7, 11) is 2.09. The number of likely N-dealkylation sites (N-methyl/N-ethyl adjacent to an activating group) is 1. The van der Waals surface area contributed by atoms with Crippen molar-refractivity contribution in [2.75, 3.05) is 20.1 Å². The van der Waals surface area contributed by atoms with Crippen molar-refractivity contribution in [2.24, 2.45) is 17.6 Å². The van der Waals surface area contributed by atoms with Crippen LogP contribution in [-0.4, -0.2) is 42.3 Å². The van der Waals surface area contributed by atoms with Crippen LogP contribution in [0, 0.1) is 11.8 Å². The molecule has 0 bridgehead atoms. The number of hydrogen-bond acceptors (Lipinski definition) is 3. The van der Waals surface area contributed by atoms with Gasteiger partial charge in [0.05, 0.1) is 6.10 Å². The van der Waals surface area contributed by atoms with Gasteiger partial charge < -0.3 is 15.7 Å². The lowest BCUT2D eigenvalue weighted by molar-refractivity contribution is 0.100. The molecule has 0 aromatic carbocycles. The van der Waals surface area contributed by atoms with Crippen LogP contribution < -0.4 is 5.73 Å². The van der Waals surface area contributed by atoms with E-state index in [2.05, 4.69) is 25.8 Å². The third kappa shape index (κ3) is 6.17. The molecule has 3 nitrogen and oxygen atoms in total. The van der Waals surface area contributed by atoms with Crippen LogP contribution in [0.3, 0.4) is 0 Å². The Balaban J connectivity index is 2.12. The zero-order valence-corrected chi connectivity index (χ0v) is 12.4. The lowest BCUT2D eigenvalue weighted by Crippen LogP contribution is -2.35. The molecule has 0 aliphatic heterocycles. The molecule has 18 heavy (non-hydrogen) atoms. The maximum atomic E-state index is 10.1. The summed E-state index contributed by atoms with van der Waals surface area (Å²) in [5.74, 6) is 1.31. The van der Waals surface area contributed by atoms with Crippen LogP contribution in [0.25, 0.3) is 0 Å². The van der Waals surface area contributed by atoms with Gasteiger partial charge in [-0.1, -0.05) is 39.5 Å². The molecule has 1 saturated carbocycles. The molecule has 1 aliphatic rings. The van der Waals surface area contributed by atoms with Crippen LogP contribution in [0.1, 0.15) is 52.4 Å². The van der Waals surface area contributed by atoms with Crippen LogP contribution in [0.4, 0.5) is 0 Å². The quantitative estimate of drug-likeness (QED) is 0.700. The molecule has 108 valence electrons. The van der Waals surface area contributed by atoms with Crippen molar-refractivity contribution >= 4 is 0 Å². The van der Waals surface area contributed by atoms with Crippen LogP contribution in [-0.2, 0) is 0 Å². The van der Waals surface area contributed by atoms with E-state index in [0.29, 0.717) is 5.92 Å². The Morgan fingerprint density at radius 3 is 2.44 bits per heavy atom. The number of nitrogens with zero attached hydrogens (tertiary/aromatic N) is 1. The number of aliphatic hydroxyl groups is 1. The lowest BCUT2D eigenvalue weighted by atomic mass is 9.99. The second-order valence-electron chi connectivity index (χ2n) is 6.50. The van der Waals surface area contributed by atoms with Gasteiger partial charge in [0.1, 0.15) is 0 Å². The van der Waals surface area contributed by atoms with Crippen molar-refractivity contribution in [3.8, 4) is 0 Å². The Morgan fingerprint density at radius 1 is 1.28 bits per heavy atom. The first-order chi connectivity index (χ1) is 8.49. The minimum Gasteiger partial charge on any atom is -0.392 e. The smallest absolute Gasteiger partial charge is 0.0669 e. The first-order valence-electron chi connectivity index (χ1n) is 7.61. The average molecular weight is 256 g/mol. The predicted molar refractivity (Wildman–Crippen MR) is 77.5 cm³/mol. The number of nitrogens with two attached hydrogens (primary N) is 1. The molecule has 0 amide bonds. The Morgan fingerprint density at radius 2 is 1.89 bits per heavy atom. The monoisotopic (exact) mass is 256 g/mol. The number of hydrogen-bond donors (Lipinski definition) is 2. The van der Waals surface area contributed by atoms with Crippen LogP contribution >= 0.6 is 0 Å². The highest BCUT2D eigenvalue weighted by molar-refractivity contribution is 4.74. The number of rotatable bonds is 8. The van der Waals surface area contributed by atoms with Gasteiger partial charge in [0, 0.05) is 12.6 Å². The molecule has 0 spiro atoms. The maximum absolute atomic E-state index is 10.1. The van der Waals surface area contributed by atoms with E-state index in [9.17, 15) is 5.11 Å². The van der Waals surface area contributed by atoms with Crippen molar-refractivity contribution in [2.45, 2.75) is 64.5 Å². The Hall–Kier alpha value is -0.120. The van der Waals surface area contributed by atoms with Gasteiger partial charge in [0.15, 0.2) is 0 Å². The summed E-state index contributed by atoms with van der Waals surface area (Å²) in [6.07, 6.45) is 7.20. The zero-order chi connectivity index (χ0) is 13.5. The Kier molecular flexibility index (Phi) is 7.20. The van der Waals surface area contributed by atoms with Gasteiger partial charge in [-0.2, -0.15) is 0 Å². The standard InChI is InChI=1S/C15H32N2O/c1-12(2)15(16)8-9-17(3)11-14(18)10-13-6-4-5-7-13/h12-15,18H,4-11,16H2,1-3H3. The van der Waals surface area contributed by atoms with Crippen LogP contribution in [0.2, 0.25) is 0 Å². The SMILES string of the molecule is CC(C)C(N)CCN(C)CC(O)CC1CCCC1. The normalized spacial score (nSPS) is 20.8. The highest BCUT2D eigenvalue weighted by Crippen LogP contribution is 2.28. The molecule has 3 N–H and O–H groups in total. The molecule has 1 aliphatic carbocycles. The summed E-state index contributed by atoms with van der Waals surface area (Å²) in [5, 5.41) is 10.1. The summed E-state index contributed by atoms with van der Waals surface area (Å²) >= 11 is 0. The summed E-state index contributed by atoms with van der Waals surface area (Å²) in [4.78, 5) is 2.22. The topological polar surface area (TPSA) is 49.5 Å². The van der Waals surface area contributed by atoms with E-state index >= 15 is 0 Å². The van der Waals surface area contributed by atoms with Gasteiger partial charge >= 0.3 is 0 Å². The van der Waals surface area contributed by atoms with Crippen molar-refractivity contribution in [1.82, 2.24) is 4.90 Å². The van der Waals surface area contributed by atoms with Crippen molar-refractivity contribution in [3.05, 3.63) is 0 Å². The van der Waals surface area contributed by atoms with Gasteiger partial charge in [-0.3, -0.25) is 0 Å². The molecule has 1 rings (SSSR count). The first-order valence-corrected chi connectivity index (χ1v) is 7.61. The molecule has 1 fully saturated rings. The van der Waals surface area contributed by atoms with Crippen molar-refractivity contribution in [1.29, 1.82) is 0 Å². The molecule has 2 unspecified atom stereocenters. The van der Waals surface area contributed by atoms with Crippen molar-refractivity contribution in [3.63, 3.8) is 0 Å². The molecule has 3 heteroatoms. The minimum absolute atomic E-state index is 0.159. The Bertz CT molecular complexity index is 215. The molecule has 0 aromatic rings. The van der Waals surface area contributed by atoms with E-state index in [4.69, 9.17) is 5.73 Å². The van der Waals surface area contributed by atoms with E-state index < -0.39 is 0 Å². The summed E-state index contributed by atoms with van der Waals surface area (Å²) in [6, 6.07) is 0.277. The summed E-state index contributed by atoms with van der Waals surface area (Å²) < 4.78 is 0. The van der Waals surface area contributed by atoms with Gasteiger partial charge in [-0.25, -0.2) is 0 Å². The third-order valence-corrected chi connectivity index (χ3v) is 4.30. The fourth-order valence-corrected chi connectivity index (χ4v) is 2.86. The van der Waals surface area contributed by atoms with E-state index in [0.717, 1.165) is 31.8 Å². The molecule has 0 radical (unpaired) electrons. The Labute approximate surface area is 113 Å². The van der Waals surface area contributed by atoms with Gasteiger partial charge in [0.2, 0.25) is 0 Å². The fourth-order valence-electron chi connectivity index (χ4n) is 2.86. The number of aliphatic hydroxyl groups excluding tert-OH is 1. The third-order valence-electron chi connectivity index (χ3n) is 4.30. The summed E-state index contributed by atoms with van der Waals surface area (Å²) in [6.45, 7) is 6.11. The van der Waals surface area contributed by atoms with Gasteiger partial charge in [0.25, 0.3) is 0 Å². The van der Waals surface area contributed by atoms with Gasteiger partial charge in [-0.15, -0.1) is 0 Å². The van der Waals surface area contributed by atoms with Crippen molar-refractivity contribution < 1.29 is 5.11 Å². The first kappa shape index (κ1) is 15.9. The molecular weight excluding hydrogens is 224 g/mol. The maximum Gasteiger partial charge on any atom is 0.0669 e. The average Bonchev–Trinajstić information content (AvgIpc) is 2.78. The molecule has 0 aromatic heterocycles. The van der Waals surface area contributed by atoms with Crippen LogP contribution in [0.15, 0.2) is 0 Å².